The average Bonchev–Trinajstić information content (AvgIpc) is 3.48. The van der Waals surface area contributed by atoms with Gasteiger partial charge >= 0.3 is 0 Å². The van der Waals surface area contributed by atoms with E-state index in [-0.39, 0.29) is 32.0 Å². The molecular weight excluding hydrogens is 473 g/mol. The number of halogens is 1. The number of carbonyl (C=O) groups excluding carboxylic acids is 1. The Hall–Kier alpha value is -4.07. The topological polar surface area (TPSA) is 74.6 Å². The number of fused-ring (bicyclic) bond motifs is 2. The quantitative estimate of drug-likeness (QED) is 0.338. The monoisotopic (exact) mass is 505 g/mol. The van der Waals surface area contributed by atoms with E-state index < -0.39 is 11.5 Å². The van der Waals surface area contributed by atoms with Crippen LogP contribution in [0.1, 0.15) is 46.8 Å². The summed E-state index contributed by atoms with van der Waals surface area (Å²) in [7, 11) is 0. The molecule has 2 heterocycles. The van der Waals surface area contributed by atoms with Crippen molar-refractivity contribution in [2.24, 2.45) is 5.41 Å². The number of nitrogens with zero attached hydrogens (tertiary/aromatic N) is 2. The molecule has 1 amide bonds. The number of nitrogens with one attached hydrogen (secondary N) is 1. The van der Waals surface area contributed by atoms with Crippen LogP contribution >= 0.6 is 0 Å². The van der Waals surface area contributed by atoms with Gasteiger partial charge in [-0.05, 0) is 67.1 Å². The van der Waals surface area contributed by atoms with E-state index in [4.69, 9.17) is 14.2 Å². The fraction of sp³-hybridized carbons (Fsp3) is 0.310. The second-order valence-corrected chi connectivity index (χ2v) is 9.92. The third kappa shape index (κ3) is 5.38. The van der Waals surface area contributed by atoms with Gasteiger partial charge in [0.1, 0.15) is 17.7 Å². The average molecular weight is 506 g/mol. The van der Waals surface area contributed by atoms with E-state index >= 15 is 0 Å². The highest BCUT2D eigenvalue weighted by molar-refractivity contribution is 5.82. The molecule has 0 aliphatic carbocycles. The lowest BCUT2D eigenvalue weighted by Crippen LogP contribution is -2.44. The third-order valence-corrected chi connectivity index (χ3v) is 6.09. The molecule has 1 aromatic heterocycles. The van der Waals surface area contributed by atoms with E-state index in [1.165, 1.54) is 12.1 Å². The minimum atomic E-state index is -0.540. The van der Waals surface area contributed by atoms with E-state index in [1.54, 1.807) is 23.0 Å². The van der Waals surface area contributed by atoms with Crippen LogP contribution in [0, 0.1) is 11.2 Å². The first-order chi connectivity index (χ1) is 17.2. The molecule has 0 saturated heterocycles. The lowest BCUT2D eigenvalue weighted by molar-refractivity contribution is -0.129. The summed E-state index contributed by atoms with van der Waals surface area (Å²) in [5.41, 5.74) is 1.93. The molecule has 4 aromatic rings. The molecule has 0 saturated carbocycles. The second kappa shape index (κ2) is 10.1. The van der Waals surface area contributed by atoms with Crippen LogP contribution in [0.5, 0.6) is 17.2 Å². The molecule has 1 aliphatic heterocycles. The third-order valence-electron chi connectivity index (χ3n) is 6.09. The van der Waals surface area contributed by atoms with Crippen molar-refractivity contribution in [3.05, 3.63) is 78.2 Å². The smallest absolute Gasteiger partial charge is 0.231 e. The predicted molar refractivity (Wildman–Crippen MR) is 141 cm³/mol. The molecule has 3 aromatic carbocycles. The fourth-order valence-corrected chi connectivity index (χ4v) is 4.07. The Morgan fingerprint density at radius 2 is 1.78 bits per heavy atom. The lowest BCUT2D eigenvalue weighted by Gasteiger charge is -2.29. The van der Waals surface area contributed by atoms with Gasteiger partial charge in [0.25, 0.3) is 0 Å². The zero-order chi connectivity index (χ0) is 25.4. The number of benzene rings is 3. The SMILES string of the molecule is C.C[C@H](NC(=O)C(C)(C)C)[C@H](Oc1ccc2c(cnn2-c2ccc(F)cc2)c1)c1ccc2c(c1)OCO2. The number of rotatable bonds is 6. The molecule has 1 N–H and O–H groups in total. The van der Waals surface area contributed by atoms with Gasteiger partial charge in [-0.1, -0.05) is 34.3 Å². The minimum absolute atomic E-state index is 0. The highest BCUT2D eigenvalue weighted by Crippen LogP contribution is 2.37. The van der Waals surface area contributed by atoms with Crippen LogP contribution < -0.4 is 19.5 Å². The van der Waals surface area contributed by atoms with Crippen molar-refractivity contribution in [1.82, 2.24) is 15.1 Å². The summed E-state index contributed by atoms with van der Waals surface area (Å²) >= 11 is 0. The number of aromatic nitrogens is 2. The summed E-state index contributed by atoms with van der Waals surface area (Å²) in [6, 6.07) is 17.2. The van der Waals surface area contributed by atoms with Crippen LogP contribution in [0.25, 0.3) is 16.6 Å². The number of hydrogen-bond donors (Lipinski definition) is 1. The van der Waals surface area contributed by atoms with Crippen molar-refractivity contribution < 1.29 is 23.4 Å². The van der Waals surface area contributed by atoms with Gasteiger partial charge in [-0.2, -0.15) is 5.10 Å². The first-order valence-electron chi connectivity index (χ1n) is 11.8. The van der Waals surface area contributed by atoms with E-state index in [0.29, 0.717) is 17.2 Å². The maximum atomic E-state index is 13.4. The number of carbonyl (C=O) groups is 1. The van der Waals surface area contributed by atoms with Gasteiger partial charge in [-0.3, -0.25) is 4.79 Å². The molecule has 0 radical (unpaired) electrons. The molecule has 5 rings (SSSR count). The normalized spacial score (nSPS) is 14.1. The van der Waals surface area contributed by atoms with Crippen molar-refractivity contribution in [2.75, 3.05) is 6.79 Å². The highest BCUT2D eigenvalue weighted by Gasteiger charge is 2.29. The molecule has 0 bridgehead atoms. The van der Waals surface area contributed by atoms with Crippen LogP contribution in [0.2, 0.25) is 0 Å². The molecule has 1 aliphatic rings. The molecular formula is C29H32FN3O4. The summed E-state index contributed by atoms with van der Waals surface area (Å²) in [6.07, 6.45) is 1.25. The Balaban J connectivity index is 0.00000320. The summed E-state index contributed by atoms with van der Waals surface area (Å²) in [5, 5.41) is 8.42. The highest BCUT2D eigenvalue weighted by atomic mass is 19.1. The van der Waals surface area contributed by atoms with Gasteiger partial charge in [-0.15, -0.1) is 0 Å². The Morgan fingerprint density at radius 3 is 2.51 bits per heavy atom. The first-order valence-corrected chi connectivity index (χ1v) is 11.8. The van der Waals surface area contributed by atoms with Crippen LogP contribution in [0.3, 0.4) is 0 Å². The van der Waals surface area contributed by atoms with Gasteiger partial charge in [-0.25, -0.2) is 9.07 Å². The summed E-state index contributed by atoms with van der Waals surface area (Å²) in [4.78, 5) is 12.7. The van der Waals surface area contributed by atoms with E-state index in [1.807, 2.05) is 64.1 Å². The lowest BCUT2D eigenvalue weighted by atomic mass is 9.94. The van der Waals surface area contributed by atoms with Crippen molar-refractivity contribution >= 4 is 16.8 Å². The number of ether oxygens (including phenoxy) is 3. The number of hydrogen-bond acceptors (Lipinski definition) is 5. The van der Waals surface area contributed by atoms with E-state index in [2.05, 4.69) is 10.4 Å². The maximum Gasteiger partial charge on any atom is 0.231 e. The summed E-state index contributed by atoms with van der Waals surface area (Å²) in [6.45, 7) is 7.72. The van der Waals surface area contributed by atoms with Gasteiger partial charge in [0.05, 0.1) is 23.4 Å². The Morgan fingerprint density at radius 1 is 1.05 bits per heavy atom. The molecule has 8 heteroatoms. The zero-order valence-electron chi connectivity index (χ0n) is 20.6. The summed E-state index contributed by atoms with van der Waals surface area (Å²) in [5.74, 6) is 1.58. The molecule has 2 atom stereocenters. The second-order valence-electron chi connectivity index (χ2n) is 9.92. The fourth-order valence-electron chi connectivity index (χ4n) is 4.07. The molecule has 0 spiro atoms. The predicted octanol–water partition coefficient (Wildman–Crippen LogP) is 6.20. The molecule has 7 nitrogen and oxygen atoms in total. The van der Waals surface area contributed by atoms with Crippen LogP contribution in [0.15, 0.2) is 66.9 Å². The molecule has 0 unspecified atom stereocenters. The van der Waals surface area contributed by atoms with Crippen molar-refractivity contribution in [2.45, 2.75) is 47.3 Å². The van der Waals surface area contributed by atoms with Crippen molar-refractivity contribution in [3.63, 3.8) is 0 Å². The van der Waals surface area contributed by atoms with Crippen molar-refractivity contribution in [3.8, 4) is 22.9 Å². The summed E-state index contributed by atoms with van der Waals surface area (Å²) < 4.78 is 32.6. The largest absolute Gasteiger partial charge is 0.484 e. The van der Waals surface area contributed by atoms with Gasteiger partial charge in [0, 0.05) is 10.8 Å². The molecule has 37 heavy (non-hydrogen) atoms. The zero-order valence-corrected chi connectivity index (χ0v) is 20.6. The van der Waals surface area contributed by atoms with Crippen LogP contribution in [0.4, 0.5) is 4.39 Å². The van der Waals surface area contributed by atoms with E-state index in [9.17, 15) is 9.18 Å². The Kier molecular flexibility index (Phi) is 7.12. The van der Waals surface area contributed by atoms with E-state index in [0.717, 1.165) is 22.2 Å². The Labute approximate surface area is 216 Å². The van der Waals surface area contributed by atoms with Crippen LogP contribution in [-0.4, -0.2) is 28.5 Å². The maximum absolute atomic E-state index is 13.4. The minimum Gasteiger partial charge on any atom is -0.484 e. The molecule has 0 fully saturated rings. The van der Waals surface area contributed by atoms with Crippen LogP contribution in [-0.2, 0) is 4.79 Å². The van der Waals surface area contributed by atoms with Gasteiger partial charge in [0.2, 0.25) is 12.7 Å². The van der Waals surface area contributed by atoms with Gasteiger partial charge in [0.15, 0.2) is 11.5 Å². The Bertz CT molecular complexity index is 1410. The van der Waals surface area contributed by atoms with Crippen molar-refractivity contribution in [1.29, 1.82) is 0 Å². The first kappa shape index (κ1) is 26.0. The standard InChI is InChI=1S/C28H28FN3O4.CH4/c1-17(31-27(33)28(2,3)4)26(18-5-12-24-25(14-18)35-16-34-24)36-22-10-11-23-19(13-22)15-30-32(23)21-8-6-20(29)7-9-21;/h5-15,17,26H,16H2,1-4H3,(H,31,33);1H4/t17-,26-;/m0./s1. The number of amides is 1. The van der Waals surface area contributed by atoms with Gasteiger partial charge < -0.3 is 19.5 Å². The molecule has 194 valence electrons.